The molecular weight excluding hydrogens is 208 g/mol. The number of nitrogens with two attached hydrogens (primary N) is 1. The number of thiazole rings is 1. The molecule has 0 amide bonds. The van der Waals surface area contributed by atoms with Gasteiger partial charge in [-0.3, -0.25) is 0 Å². The van der Waals surface area contributed by atoms with Crippen molar-refractivity contribution < 1.29 is 4.74 Å². The highest BCUT2D eigenvalue weighted by Crippen LogP contribution is 2.36. The van der Waals surface area contributed by atoms with Crippen LogP contribution in [0, 0.1) is 0 Å². The highest BCUT2D eigenvalue weighted by Gasteiger charge is 2.32. The van der Waals surface area contributed by atoms with Gasteiger partial charge in [-0.15, -0.1) is 11.3 Å². The molecule has 4 heteroatoms. The van der Waals surface area contributed by atoms with Crippen molar-refractivity contribution in [1.82, 2.24) is 4.98 Å². The largest absolute Gasteiger partial charge is 0.378 e. The van der Waals surface area contributed by atoms with Gasteiger partial charge in [0.2, 0.25) is 0 Å². The van der Waals surface area contributed by atoms with Gasteiger partial charge in [0.15, 0.2) is 0 Å². The van der Waals surface area contributed by atoms with Crippen molar-refractivity contribution >= 4 is 11.3 Å². The van der Waals surface area contributed by atoms with Gasteiger partial charge < -0.3 is 10.5 Å². The second-order valence-corrected chi connectivity index (χ2v) is 5.15. The van der Waals surface area contributed by atoms with Gasteiger partial charge >= 0.3 is 0 Å². The molecule has 0 aromatic carbocycles. The Morgan fingerprint density at radius 3 is 2.87 bits per heavy atom. The molecule has 0 saturated heterocycles. The van der Waals surface area contributed by atoms with Crippen LogP contribution in [0.2, 0.25) is 0 Å². The van der Waals surface area contributed by atoms with Crippen LogP contribution in [-0.4, -0.2) is 12.1 Å². The van der Waals surface area contributed by atoms with E-state index in [1.807, 2.05) is 0 Å². The van der Waals surface area contributed by atoms with Crippen molar-refractivity contribution in [3.8, 4) is 0 Å². The number of nitrogens with zero attached hydrogens (tertiary/aromatic N) is 1. The van der Waals surface area contributed by atoms with Gasteiger partial charge in [0, 0.05) is 12.5 Å². The van der Waals surface area contributed by atoms with E-state index in [1.165, 1.54) is 19.3 Å². The molecule has 1 aromatic rings. The summed E-state index contributed by atoms with van der Waals surface area (Å²) in [5, 5.41) is 3.15. The Morgan fingerprint density at radius 2 is 2.20 bits per heavy atom. The molecule has 84 valence electrons. The quantitative estimate of drug-likeness (QED) is 0.861. The fourth-order valence-electron chi connectivity index (χ4n) is 2.15. The van der Waals surface area contributed by atoms with Crippen LogP contribution < -0.4 is 5.73 Å². The standard InChI is InChI=1S/C11H18N2OS/c1-14-7-9-8-15-10(13-9)11(12)5-3-2-4-6-11/h8H,2-7,12H2,1H3. The molecule has 0 bridgehead atoms. The minimum atomic E-state index is -0.158. The summed E-state index contributed by atoms with van der Waals surface area (Å²) in [6.07, 6.45) is 5.93. The van der Waals surface area contributed by atoms with Crippen LogP contribution in [0.3, 0.4) is 0 Å². The first-order chi connectivity index (χ1) is 7.24. The van der Waals surface area contributed by atoms with E-state index in [1.54, 1.807) is 18.4 Å². The van der Waals surface area contributed by atoms with Gasteiger partial charge in [0.1, 0.15) is 5.01 Å². The molecule has 0 aliphatic heterocycles. The molecule has 1 aliphatic carbocycles. The molecule has 1 saturated carbocycles. The smallest absolute Gasteiger partial charge is 0.113 e. The van der Waals surface area contributed by atoms with Crippen molar-refractivity contribution in [2.24, 2.45) is 5.73 Å². The third kappa shape index (κ3) is 2.38. The Balaban J connectivity index is 2.12. The average molecular weight is 226 g/mol. The summed E-state index contributed by atoms with van der Waals surface area (Å²) in [6.45, 7) is 0.590. The van der Waals surface area contributed by atoms with Gasteiger partial charge in [-0.25, -0.2) is 4.98 Å². The molecule has 1 aliphatic rings. The van der Waals surface area contributed by atoms with Crippen LogP contribution in [0.1, 0.15) is 42.8 Å². The van der Waals surface area contributed by atoms with Crippen LogP contribution in [-0.2, 0) is 16.9 Å². The van der Waals surface area contributed by atoms with E-state index in [2.05, 4.69) is 10.4 Å². The summed E-state index contributed by atoms with van der Waals surface area (Å²) in [6, 6.07) is 0. The van der Waals surface area contributed by atoms with E-state index in [-0.39, 0.29) is 5.54 Å². The lowest BCUT2D eigenvalue weighted by atomic mass is 9.83. The van der Waals surface area contributed by atoms with Crippen LogP contribution in [0.5, 0.6) is 0 Å². The predicted molar refractivity (Wildman–Crippen MR) is 61.8 cm³/mol. The number of hydrogen-bond donors (Lipinski definition) is 1. The zero-order chi connectivity index (χ0) is 10.7. The van der Waals surface area contributed by atoms with Crippen molar-refractivity contribution in [2.45, 2.75) is 44.2 Å². The molecule has 15 heavy (non-hydrogen) atoms. The number of ether oxygens (including phenoxy) is 1. The van der Waals surface area contributed by atoms with Crippen molar-refractivity contribution in [2.75, 3.05) is 7.11 Å². The summed E-state index contributed by atoms with van der Waals surface area (Å²) in [7, 11) is 1.69. The first kappa shape index (κ1) is 11.0. The summed E-state index contributed by atoms with van der Waals surface area (Å²) < 4.78 is 5.06. The summed E-state index contributed by atoms with van der Waals surface area (Å²) in [5.74, 6) is 0. The Labute approximate surface area is 94.7 Å². The maximum absolute atomic E-state index is 6.40. The molecule has 2 rings (SSSR count). The Morgan fingerprint density at radius 1 is 1.47 bits per heavy atom. The highest BCUT2D eigenvalue weighted by atomic mass is 32.1. The number of rotatable bonds is 3. The van der Waals surface area contributed by atoms with E-state index in [9.17, 15) is 0 Å². The Kier molecular flexibility index (Phi) is 3.38. The van der Waals surface area contributed by atoms with E-state index in [0.717, 1.165) is 23.5 Å². The van der Waals surface area contributed by atoms with E-state index in [4.69, 9.17) is 10.5 Å². The lowest BCUT2D eigenvalue weighted by Gasteiger charge is -2.31. The highest BCUT2D eigenvalue weighted by molar-refractivity contribution is 7.09. The van der Waals surface area contributed by atoms with Gasteiger partial charge in [0.05, 0.1) is 17.8 Å². The minimum absolute atomic E-state index is 0.158. The third-order valence-electron chi connectivity index (χ3n) is 3.02. The topological polar surface area (TPSA) is 48.1 Å². The third-order valence-corrected chi connectivity index (χ3v) is 4.13. The summed E-state index contributed by atoms with van der Waals surface area (Å²) >= 11 is 1.68. The normalized spacial score (nSPS) is 20.4. The van der Waals surface area contributed by atoms with Gasteiger partial charge in [0.25, 0.3) is 0 Å². The monoisotopic (exact) mass is 226 g/mol. The van der Waals surface area contributed by atoms with E-state index < -0.39 is 0 Å². The van der Waals surface area contributed by atoms with E-state index in [0.29, 0.717) is 6.61 Å². The number of methoxy groups -OCH3 is 1. The Hall–Kier alpha value is -0.450. The van der Waals surface area contributed by atoms with Crippen LogP contribution in [0.4, 0.5) is 0 Å². The molecule has 0 unspecified atom stereocenters. The number of aromatic nitrogens is 1. The predicted octanol–water partition coefficient (Wildman–Crippen LogP) is 2.41. The Bertz CT molecular complexity index is 318. The summed E-state index contributed by atoms with van der Waals surface area (Å²) in [5.41, 5.74) is 7.25. The maximum atomic E-state index is 6.40. The van der Waals surface area contributed by atoms with Crippen molar-refractivity contribution in [3.05, 3.63) is 16.1 Å². The number of hydrogen-bond acceptors (Lipinski definition) is 4. The lowest BCUT2D eigenvalue weighted by molar-refractivity contribution is 0.181. The van der Waals surface area contributed by atoms with Crippen LogP contribution in [0.15, 0.2) is 5.38 Å². The van der Waals surface area contributed by atoms with Crippen molar-refractivity contribution in [1.29, 1.82) is 0 Å². The molecule has 0 atom stereocenters. The molecule has 1 fully saturated rings. The molecule has 1 aromatic heterocycles. The molecule has 0 radical (unpaired) electrons. The minimum Gasteiger partial charge on any atom is -0.378 e. The molecular formula is C11H18N2OS. The summed E-state index contributed by atoms with van der Waals surface area (Å²) in [4.78, 5) is 4.56. The van der Waals surface area contributed by atoms with Crippen LogP contribution >= 0.6 is 11.3 Å². The SMILES string of the molecule is COCc1csc(C2(N)CCCCC2)n1. The lowest BCUT2D eigenvalue weighted by Crippen LogP contribution is -2.38. The molecule has 1 heterocycles. The molecule has 3 nitrogen and oxygen atoms in total. The van der Waals surface area contributed by atoms with Crippen LogP contribution in [0.25, 0.3) is 0 Å². The van der Waals surface area contributed by atoms with Crippen molar-refractivity contribution in [3.63, 3.8) is 0 Å². The maximum Gasteiger partial charge on any atom is 0.113 e. The van der Waals surface area contributed by atoms with Gasteiger partial charge in [-0.05, 0) is 12.8 Å². The first-order valence-electron chi connectivity index (χ1n) is 5.47. The fourth-order valence-corrected chi connectivity index (χ4v) is 3.12. The molecule has 2 N–H and O–H groups in total. The van der Waals surface area contributed by atoms with Gasteiger partial charge in [-0.2, -0.15) is 0 Å². The second kappa shape index (κ2) is 4.60. The molecule has 0 spiro atoms. The zero-order valence-corrected chi connectivity index (χ0v) is 9.98. The first-order valence-corrected chi connectivity index (χ1v) is 6.35. The fraction of sp³-hybridized carbons (Fsp3) is 0.727. The van der Waals surface area contributed by atoms with Gasteiger partial charge in [-0.1, -0.05) is 19.3 Å². The second-order valence-electron chi connectivity index (χ2n) is 4.29. The van der Waals surface area contributed by atoms with E-state index >= 15 is 0 Å². The average Bonchev–Trinajstić information content (AvgIpc) is 2.69. The zero-order valence-electron chi connectivity index (χ0n) is 9.16.